The Kier molecular flexibility index (Phi) is 4.44. The fourth-order valence-electron chi connectivity index (χ4n) is 2.18. The van der Waals surface area contributed by atoms with Crippen LogP contribution >= 0.6 is 0 Å². The number of esters is 1. The summed E-state index contributed by atoms with van der Waals surface area (Å²) in [5, 5.41) is 0. The molecule has 1 saturated carbocycles. The van der Waals surface area contributed by atoms with E-state index in [1.807, 2.05) is 30.3 Å². The van der Waals surface area contributed by atoms with Gasteiger partial charge in [-0.1, -0.05) is 30.3 Å². The first kappa shape index (κ1) is 13.5. The molecule has 0 N–H and O–H groups in total. The first-order valence-electron chi connectivity index (χ1n) is 6.43. The van der Waals surface area contributed by atoms with Crippen LogP contribution < -0.4 is 0 Å². The lowest BCUT2D eigenvalue weighted by Crippen LogP contribution is -2.30. The van der Waals surface area contributed by atoms with Gasteiger partial charge in [-0.15, -0.1) is 0 Å². The van der Waals surface area contributed by atoms with Crippen LogP contribution in [0.15, 0.2) is 30.3 Å². The summed E-state index contributed by atoms with van der Waals surface area (Å²) in [5.74, 6) is -1.67. The highest BCUT2D eigenvalue weighted by atomic mass is 16.5. The number of ketones is 2. The second kappa shape index (κ2) is 6.27. The molecule has 0 radical (unpaired) electrons. The highest BCUT2D eigenvalue weighted by molar-refractivity contribution is 6.38. The number of carbonyl (C=O) groups is 3. The van der Waals surface area contributed by atoms with Crippen molar-refractivity contribution in [2.45, 2.75) is 32.3 Å². The summed E-state index contributed by atoms with van der Waals surface area (Å²) in [5.41, 5.74) is 0.905. The summed E-state index contributed by atoms with van der Waals surface area (Å²) in [6, 6.07) is 9.35. The van der Waals surface area contributed by atoms with E-state index >= 15 is 0 Å². The molecule has 0 aromatic heterocycles. The standard InChI is InChI=1S/C15H16O4/c16-13-8-4-7-12(15(13)18)9-14(17)19-10-11-5-2-1-3-6-11/h1-3,5-6,12H,4,7-10H2. The third kappa shape index (κ3) is 3.74. The number of hydrogen-bond donors (Lipinski definition) is 0. The van der Waals surface area contributed by atoms with Crippen molar-refractivity contribution >= 4 is 17.5 Å². The molecule has 0 bridgehead atoms. The van der Waals surface area contributed by atoms with Crippen molar-refractivity contribution in [2.75, 3.05) is 0 Å². The van der Waals surface area contributed by atoms with Crippen LogP contribution in [0.3, 0.4) is 0 Å². The van der Waals surface area contributed by atoms with Gasteiger partial charge in [0.2, 0.25) is 5.78 Å². The third-order valence-corrected chi connectivity index (χ3v) is 3.26. The second-order valence-electron chi connectivity index (χ2n) is 4.73. The zero-order chi connectivity index (χ0) is 13.7. The number of rotatable bonds is 4. The molecule has 19 heavy (non-hydrogen) atoms. The fraction of sp³-hybridized carbons (Fsp3) is 0.400. The van der Waals surface area contributed by atoms with Crippen molar-refractivity contribution in [2.24, 2.45) is 5.92 Å². The van der Waals surface area contributed by atoms with Gasteiger partial charge in [0.15, 0.2) is 5.78 Å². The highest BCUT2D eigenvalue weighted by Crippen LogP contribution is 2.21. The minimum Gasteiger partial charge on any atom is -0.461 e. The highest BCUT2D eigenvalue weighted by Gasteiger charge is 2.31. The predicted octanol–water partition coefficient (Wildman–Crippen LogP) is 2.06. The SMILES string of the molecule is O=C(CC1CCCC(=O)C1=O)OCc1ccccc1. The Morgan fingerprint density at radius 2 is 1.95 bits per heavy atom. The quantitative estimate of drug-likeness (QED) is 0.614. The van der Waals surface area contributed by atoms with E-state index in [-0.39, 0.29) is 18.8 Å². The topological polar surface area (TPSA) is 60.4 Å². The molecule has 0 heterocycles. The van der Waals surface area contributed by atoms with Crippen LogP contribution in [0.1, 0.15) is 31.2 Å². The number of Topliss-reactive ketones (excluding diaryl/α,β-unsaturated/α-hetero) is 2. The van der Waals surface area contributed by atoms with E-state index in [1.165, 1.54) is 0 Å². The third-order valence-electron chi connectivity index (χ3n) is 3.26. The van der Waals surface area contributed by atoms with Crippen LogP contribution in [0.4, 0.5) is 0 Å². The molecule has 4 nitrogen and oxygen atoms in total. The zero-order valence-electron chi connectivity index (χ0n) is 10.6. The average Bonchev–Trinajstić information content (AvgIpc) is 2.43. The van der Waals surface area contributed by atoms with E-state index in [1.54, 1.807) is 0 Å². The Hall–Kier alpha value is -1.97. The Balaban J connectivity index is 1.81. The molecule has 2 rings (SSSR count). The van der Waals surface area contributed by atoms with Gasteiger partial charge in [0.25, 0.3) is 0 Å². The first-order valence-corrected chi connectivity index (χ1v) is 6.43. The van der Waals surface area contributed by atoms with Crippen molar-refractivity contribution in [1.82, 2.24) is 0 Å². The lowest BCUT2D eigenvalue weighted by Gasteiger charge is -2.18. The van der Waals surface area contributed by atoms with Crippen molar-refractivity contribution < 1.29 is 19.1 Å². The van der Waals surface area contributed by atoms with Gasteiger partial charge in [-0.25, -0.2) is 0 Å². The van der Waals surface area contributed by atoms with Gasteiger partial charge in [0.05, 0.1) is 6.42 Å². The van der Waals surface area contributed by atoms with E-state index in [0.717, 1.165) is 5.56 Å². The molecular formula is C15H16O4. The van der Waals surface area contributed by atoms with Crippen LogP contribution in [0.5, 0.6) is 0 Å². The van der Waals surface area contributed by atoms with Crippen LogP contribution in [-0.2, 0) is 25.7 Å². The Labute approximate surface area is 111 Å². The second-order valence-corrected chi connectivity index (χ2v) is 4.73. The maximum Gasteiger partial charge on any atom is 0.306 e. The van der Waals surface area contributed by atoms with Gasteiger partial charge in [0, 0.05) is 12.3 Å². The summed E-state index contributed by atoms with van der Waals surface area (Å²) in [6.45, 7) is 0.203. The van der Waals surface area contributed by atoms with Gasteiger partial charge in [-0.05, 0) is 18.4 Å². The maximum atomic E-state index is 11.7. The lowest BCUT2D eigenvalue weighted by molar-refractivity contribution is -0.150. The van der Waals surface area contributed by atoms with Gasteiger partial charge in [0.1, 0.15) is 6.61 Å². The molecule has 1 unspecified atom stereocenters. The molecule has 1 aliphatic carbocycles. The number of benzene rings is 1. The molecule has 0 amide bonds. The first-order chi connectivity index (χ1) is 9.16. The summed E-state index contributed by atoms with van der Waals surface area (Å²) < 4.78 is 5.11. The maximum absolute atomic E-state index is 11.7. The fourth-order valence-corrected chi connectivity index (χ4v) is 2.18. The monoisotopic (exact) mass is 260 g/mol. The molecule has 1 aromatic rings. The molecule has 0 aliphatic heterocycles. The van der Waals surface area contributed by atoms with Crippen molar-refractivity contribution in [3.63, 3.8) is 0 Å². The Morgan fingerprint density at radius 1 is 1.21 bits per heavy atom. The average molecular weight is 260 g/mol. The number of carbonyl (C=O) groups excluding carboxylic acids is 3. The normalized spacial score (nSPS) is 19.3. The van der Waals surface area contributed by atoms with Gasteiger partial charge >= 0.3 is 5.97 Å². The van der Waals surface area contributed by atoms with Crippen molar-refractivity contribution in [1.29, 1.82) is 0 Å². The molecule has 4 heteroatoms. The molecule has 1 fully saturated rings. The Bertz CT molecular complexity index is 478. The van der Waals surface area contributed by atoms with Gasteiger partial charge in [-0.2, -0.15) is 0 Å². The number of hydrogen-bond acceptors (Lipinski definition) is 4. The molecule has 1 aromatic carbocycles. The van der Waals surface area contributed by atoms with Crippen LogP contribution in [-0.4, -0.2) is 17.5 Å². The summed E-state index contributed by atoms with van der Waals surface area (Å²) in [7, 11) is 0. The number of ether oxygens (including phenoxy) is 1. The predicted molar refractivity (Wildman–Crippen MR) is 68.2 cm³/mol. The van der Waals surface area contributed by atoms with Crippen LogP contribution in [0.2, 0.25) is 0 Å². The van der Waals surface area contributed by atoms with Crippen LogP contribution in [0.25, 0.3) is 0 Å². The Morgan fingerprint density at radius 3 is 2.68 bits per heavy atom. The van der Waals surface area contributed by atoms with E-state index in [9.17, 15) is 14.4 Å². The molecule has 1 atom stereocenters. The minimum atomic E-state index is -0.482. The molecule has 0 saturated heterocycles. The summed E-state index contributed by atoms with van der Waals surface area (Å²) in [6.07, 6.45) is 1.61. The van der Waals surface area contributed by atoms with E-state index < -0.39 is 17.7 Å². The molecule has 1 aliphatic rings. The molecule has 100 valence electrons. The summed E-state index contributed by atoms with van der Waals surface area (Å²) >= 11 is 0. The van der Waals surface area contributed by atoms with Crippen molar-refractivity contribution in [3.05, 3.63) is 35.9 Å². The zero-order valence-corrected chi connectivity index (χ0v) is 10.6. The van der Waals surface area contributed by atoms with E-state index in [0.29, 0.717) is 19.3 Å². The van der Waals surface area contributed by atoms with Crippen LogP contribution in [0, 0.1) is 5.92 Å². The summed E-state index contributed by atoms with van der Waals surface area (Å²) in [4.78, 5) is 34.5. The van der Waals surface area contributed by atoms with Crippen molar-refractivity contribution in [3.8, 4) is 0 Å². The van der Waals surface area contributed by atoms with E-state index in [4.69, 9.17) is 4.74 Å². The van der Waals surface area contributed by atoms with Gasteiger partial charge < -0.3 is 4.74 Å². The lowest BCUT2D eigenvalue weighted by atomic mass is 9.85. The minimum absolute atomic E-state index is 0.0113. The van der Waals surface area contributed by atoms with Gasteiger partial charge in [-0.3, -0.25) is 14.4 Å². The molecule has 0 spiro atoms. The van der Waals surface area contributed by atoms with E-state index in [2.05, 4.69) is 0 Å². The smallest absolute Gasteiger partial charge is 0.306 e. The largest absolute Gasteiger partial charge is 0.461 e. The molecular weight excluding hydrogens is 244 g/mol.